The van der Waals surface area contributed by atoms with Crippen LogP contribution in [0.2, 0.25) is 5.02 Å². The van der Waals surface area contributed by atoms with Gasteiger partial charge in [-0.25, -0.2) is 9.50 Å². The van der Waals surface area contributed by atoms with Crippen molar-refractivity contribution in [3.8, 4) is 0 Å². The molecule has 3 aromatic rings. The predicted molar refractivity (Wildman–Crippen MR) is 95.8 cm³/mol. The number of rotatable bonds is 4. The summed E-state index contributed by atoms with van der Waals surface area (Å²) < 4.78 is 1.67. The summed E-state index contributed by atoms with van der Waals surface area (Å²) in [6.45, 7) is 5.77. The zero-order valence-corrected chi connectivity index (χ0v) is 15.1. The number of carbonyl (C=O) groups excluding carboxylic acids is 1. The molecule has 6 nitrogen and oxygen atoms in total. The molecule has 0 atom stereocenters. The lowest BCUT2D eigenvalue weighted by molar-refractivity contribution is -0.113. The maximum absolute atomic E-state index is 12.1. The van der Waals surface area contributed by atoms with E-state index in [1.165, 1.54) is 11.8 Å². The highest BCUT2D eigenvalue weighted by molar-refractivity contribution is 7.99. The van der Waals surface area contributed by atoms with Gasteiger partial charge in [0, 0.05) is 22.1 Å². The molecule has 0 unspecified atom stereocenters. The lowest BCUT2D eigenvalue weighted by atomic mass is 10.2. The molecular weight excluding hydrogens is 346 g/mol. The second kappa shape index (κ2) is 6.78. The van der Waals surface area contributed by atoms with Gasteiger partial charge >= 0.3 is 0 Å². The van der Waals surface area contributed by atoms with Crippen LogP contribution in [-0.4, -0.2) is 31.2 Å². The number of anilines is 1. The molecule has 2 aromatic heterocycles. The van der Waals surface area contributed by atoms with E-state index in [9.17, 15) is 4.79 Å². The monoisotopic (exact) mass is 361 g/mol. The summed E-state index contributed by atoms with van der Waals surface area (Å²) in [6.07, 6.45) is 0. The highest BCUT2D eigenvalue weighted by Gasteiger charge is 2.11. The molecule has 0 spiro atoms. The van der Waals surface area contributed by atoms with E-state index in [2.05, 4.69) is 20.4 Å². The second-order valence-corrected chi connectivity index (χ2v) is 6.82. The van der Waals surface area contributed by atoms with Crippen molar-refractivity contribution in [3.05, 3.63) is 46.2 Å². The van der Waals surface area contributed by atoms with Crippen LogP contribution in [0.15, 0.2) is 29.4 Å². The first kappa shape index (κ1) is 16.7. The van der Waals surface area contributed by atoms with Gasteiger partial charge < -0.3 is 5.32 Å². The first-order valence-corrected chi connectivity index (χ1v) is 8.68. The quantitative estimate of drug-likeness (QED) is 0.721. The van der Waals surface area contributed by atoms with Crippen molar-refractivity contribution in [2.24, 2.45) is 0 Å². The molecule has 0 aliphatic heterocycles. The minimum Gasteiger partial charge on any atom is -0.325 e. The van der Waals surface area contributed by atoms with E-state index in [1.54, 1.807) is 16.6 Å². The Hall–Kier alpha value is -2.12. The van der Waals surface area contributed by atoms with Crippen molar-refractivity contribution < 1.29 is 4.79 Å². The highest BCUT2D eigenvalue weighted by atomic mass is 35.5. The molecule has 0 fully saturated rings. The van der Waals surface area contributed by atoms with Crippen LogP contribution in [0.4, 0.5) is 5.69 Å². The van der Waals surface area contributed by atoms with Gasteiger partial charge in [-0.2, -0.15) is 4.98 Å². The lowest BCUT2D eigenvalue weighted by Crippen LogP contribution is -2.15. The Kier molecular flexibility index (Phi) is 4.73. The summed E-state index contributed by atoms with van der Waals surface area (Å²) in [6, 6.07) is 7.33. The number of fused-ring (bicyclic) bond motifs is 1. The van der Waals surface area contributed by atoms with Crippen molar-refractivity contribution in [1.82, 2.24) is 19.6 Å². The Bertz CT molecular complexity index is 924. The summed E-state index contributed by atoms with van der Waals surface area (Å²) in [5.74, 6) is 0.618. The van der Waals surface area contributed by atoms with Crippen molar-refractivity contribution in [2.45, 2.75) is 25.9 Å². The number of amides is 1. The van der Waals surface area contributed by atoms with Gasteiger partial charge in [0.05, 0.1) is 5.75 Å². The van der Waals surface area contributed by atoms with Gasteiger partial charge in [-0.1, -0.05) is 29.4 Å². The second-order valence-electron chi connectivity index (χ2n) is 5.44. The largest absolute Gasteiger partial charge is 0.325 e. The molecule has 24 heavy (non-hydrogen) atoms. The van der Waals surface area contributed by atoms with E-state index < -0.39 is 0 Å². The number of aryl methyl sites for hydroxylation is 3. The molecule has 1 aromatic carbocycles. The Morgan fingerprint density at radius 2 is 2.04 bits per heavy atom. The number of halogens is 1. The first-order valence-electron chi connectivity index (χ1n) is 7.32. The van der Waals surface area contributed by atoms with Crippen molar-refractivity contribution in [2.75, 3.05) is 11.1 Å². The Labute approximate surface area is 148 Å². The van der Waals surface area contributed by atoms with Crippen molar-refractivity contribution in [1.29, 1.82) is 0 Å². The first-order chi connectivity index (χ1) is 11.4. The molecule has 0 saturated carbocycles. The minimum absolute atomic E-state index is 0.134. The number of aromatic nitrogens is 4. The van der Waals surface area contributed by atoms with Gasteiger partial charge in [-0.3, -0.25) is 4.79 Å². The van der Waals surface area contributed by atoms with Crippen molar-refractivity contribution >= 4 is 40.7 Å². The maximum atomic E-state index is 12.1. The average molecular weight is 362 g/mol. The molecule has 1 amide bonds. The van der Waals surface area contributed by atoms with Gasteiger partial charge in [0.1, 0.15) is 0 Å². The number of hydrogen-bond acceptors (Lipinski definition) is 5. The molecule has 8 heteroatoms. The van der Waals surface area contributed by atoms with E-state index in [1.807, 2.05) is 32.9 Å². The van der Waals surface area contributed by atoms with Gasteiger partial charge in [-0.05, 0) is 44.5 Å². The summed E-state index contributed by atoms with van der Waals surface area (Å²) in [5.41, 5.74) is 3.51. The van der Waals surface area contributed by atoms with E-state index in [4.69, 9.17) is 11.6 Å². The van der Waals surface area contributed by atoms with Crippen LogP contribution in [0.3, 0.4) is 0 Å². The molecule has 2 heterocycles. The van der Waals surface area contributed by atoms with Crippen LogP contribution >= 0.6 is 23.4 Å². The number of carbonyl (C=O) groups is 1. The van der Waals surface area contributed by atoms with E-state index in [-0.39, 0.29) is 11.7 Å². The standard InChI is InChI=1S/C16H16ClN5OS/c1-9-4-5-12(17)7-13(9)19-14(23)8-24-16-20-15-18-10(2)6-11(3)22(15)21-16/h4-7H,8H2,1-3H3,(H,19,23). The number of nitrogens with one attached hydrogen (secondary N) is 1. The molecule has 0 radical (unpaired) electrons. The van der Waals surface area contributed by atoms with Crippen LogP contribution < -0.4 is 5.32 Å². The molecule has 124 valence electrons. The smallest absolute Gasteiger partial charge is 0.253 e. The van der Waals surface area contributed by atoms with Crippen LogP contribution in [0.1, 0.15) is 17.0 Å². The van der Waals surface area contributed by atoms with E-state index in [0.717, 1.165) is 17.0 Å². The molecule has 1 N–H and O–H groups in total. The molecule has 0 aliphatic rings. The van der Waals surface area contributed by atoms with Gasteiger partial charge in [-0.15, -0.1) is 5.10 Å². The predicted octanol–water partition coefficient (Wildman–Crippen LogP) is 3.43. The Morgan fingerprint density at radius 3 is 2.83 bits per heavy atom. The Morgan fingerprint density at radius 1 is 1.25 bits per heavy atom. The number of hydrogen-bond donors (Lipinski definition) is 1. The normalized spacial score (nSPS) is 11.0. The van der Waals surface area contributed by atoms with E-state index >= 15 is 0 Å². The molecule has 3 rings (SSSR count). The van der Waals surface area contributed by atoms with Gasteiger partial charge in [0.15, 0.2) is 0 Å². The topological polar surface area (TPSA) is 72.2 Å². The molecule has 0 saturated heterocycles. The highest BCUT2D eigenvalue weighted by Crippen LogP contribution is 2.21. The van der Waals surface area contributed by atoms with Crippen LogP contribution in [0.25, 0.3) is 5.78 Å². The average Bonchev–Trinajstić information content (AvgIpc) is 2.92. The number of thioether (sulfide) groups is 1. The molecular formula is C16H16ClN5OS. The van der Waals surface area contributed by atoms with Gasteiger partial charge in [0.25, 0.3) is 5.78 Å². The van der Waals surface area contributed by atoms with Crippen LogP contribution in [0.5, 0.6) is 0 Å². The molecule has 0 aliphatic carbocycles. The number of benzene rings is 1. The summed E-state index contributed by atoms with van der Waals surface area (Å²) in [7, 11) is 0. The number of nitrogens with zero attached hydrogens (tertiary/aromatic N) is 4. The van der Waals surface area contributed by atoms with Gasteiger partial charge in [0.2, 0.25) is 11.1 Å². The minimum atomic E-state index is -0.134. The van der Waals surface area contributed by atoms with Crippen molar-refractivity contribution in [3.63, 3.8) is 0 Å². The van der Waals surface area contributed by atoms with Crippen LogP contribution in [-0.2, 0) is 4.79 Å². The third kappa shape index (κ3) is 3.68. The maximum Gasteiger partial charge on any atom is 0.253 e. The lowest BCUT2D eigenvalue weighted by Gasteiger charge is -2.07. The molecule has 0 bridgehead atoms. The fourth-order valence-electron chi connectivity index (χ4n) is 2.25. The summed E-state index contributed by atoms with van der Waals surface area (Å²) >= 11 is 7.23. The Balaban J connectivity index is 1.68. The summed E-state index contributed by atoms with van der Waals surface area (Å²) in [5, 5.41) is 8.33. The third-order valence-corrected chi connectivity index (χ3v) is 4.48. The zero-order chi connectivity index (χ0) is 17.3. The zero-order valence-electron chi connectivity index (χ0n) is 13.5. The fraction of sp³-hybridized carbons (Fsp3) is 0.250. The SMILES string of the molecule is Cc1cc(C)n2nc(SCC(=O)Nc3cc(Cl)ccc3C)nc2n1. The third-order valence-electron chi connectivity index (χ3n) is 3.40. The van der Waals surface area contributed by atoms with Crippen LogP contribution in [0, 0.1) is 20.8 Å². The summed E-state index contributed by atoms with van der Waals surface area (Å²) in [4.78, 5) is 20.8. The fourth-order valence-corrected chi connectivity index (χ4v) is 3.04. The van der Waals surface area contributed by atoms with E-state index in [0.29, 0.717) is 21.6 Å².